The molecule has 0 aromatic heterocycles. The number of amides is 1. The predicted octanol–water partition coefficient (Wildman–Crippen LogP) is 2.15. The molecule has 3 heteroatoms. The van der Waals surface area contributed by atoms with Crippen LogP contribution in [0.5, 0.6) is 0 Å². The third kappa shape index (κ3) is 5.49. The highest BCUT2D eigenvalue weighted by atomic mass is 16.5. The Morgan fingerprint density at radius 3 is 2.54 bits per heavy atom. The number of hydrogen-bond donors (Lipinski definition) is 1. The fraction of sp³-hybridized carbons (Fsp3) is 0.100. The van der Waals surface area contributed by atoms with E-state index in [9.17, 15) is 4.79 Å². The molecule has 0 heterocycles. The molecule has 1 amide bonds. The van der Waals surface area contributed by atoms with Crippen molar-refractivity contribution in [1.29, 1.82) is 0 Å². The summed E-state index contributed by atoms with van der Waals surface area (Å²) >= 11 is 0. The monoisotopic (exact) mass is 179 g/mol. The zero-order valence-electron chi connectivity index (χ0n) is 7.62. The molecule has 0 aliphatic rings. The Hall–Kier alpha value is -1.77. The molecule has 1 N–H and O–H groups in total. The Balaban J connectivity index is 4.34. The molecule has 0 saturated carbocycles. The normalized spacial score (nSPS) is 11.0. The SMILES string of the molecule is C=C/C=C\C(=C/C=C)NC(=O)OC. The summed E-state index contributed by atoms with van der Waals surface area (Å²) in [4.78, 5) is 10.8. The minimum absolute atomic E-state index is 0.512. The third-order valence-corrected chi connectivity index (χ3v) is 1.14. The largest absolute Gasteiger partial charge is 0.453 e. The van der Waals surface area contributed by atoms with Crippen molar-refractivity contribution in [2.24, 2.45) is 0 Å². The lowest BCUT2D eigenvalue weighted by atomic mass is 10.3. The van der Waals surface area contributed by atoms with E-state index in [1.807, 2.05) is 0 Å². The van der Waals surface area contributed by atoms with Gasteiger partial charge in [0.2, 0.25) is 0 Å². The molecule has 0 aromatic carbocycles. The van der Waals surface area contributed by atoms with Gasteiger partial charge in [0.05, 0.1) is 7.11 Å². The fourth-order valence-electron chi connectivity index (χ4n) is 0.606. The summed E-state index contributed by atoms with van der Waals surface area (Å²) in [6, 6.07) is 0. The average Bonchev–Trinajstić information content (AvgIpc) is 2.14. The van der Waals surface area contributed by atoms with Gasteiger partial charge in [-0.25, -0.2) is 4.79 Å². The third-order valence-electron chi connectivity index (χ3n) is 1.14. The van der Waals surface area contributed by atoms with Crippen molar-refractivity contribution in [3.63, 3.8) is 0 Å². The summed E-state index contributed by atoms with van der Waals surface area (Å²) in [5.41, 5.74) is 0.599. The van der Waals surface area contributed by atoms with Crippen molar-refractivity contribution >= 4 is 6.09 Å². The van der Waals surface area contributed by atoms with Crippen LogP contribution in [0.15, 0.2) is 49.2 Å². The molecular formula is C10H13NO2. The number of alkyl carbamates (subject to hydrolysis) is 1. The second kappa shape index (κ2) is 6.91. The van der Waals surface area contributed by atoms with Crippen molar-refractivity contribution in [3.8, 4) is 0 Å². The minimum atomic E-state index is -0.512. The number of carbonyl (C=O) groups is 1. The minimum Gasteiger partial charge on any atom is -0.453 e. The van der Waals surface area contributed by atoms with Crippen LogP contribution in [0.1, 0.15) is 0 Å². The summed E-state index contributed by atoms with van der Waals surface area (Å²) in [7, 11) is 1.30. The van der Waals surface area contributed by atoms with Crippen molar-refractivity contribution in [1.82, 2.24) is 5.32 Å². The number of carbonyl (C=O) groups excluding carboxylic acids is 1. The van der Waals surface area contributed by atoms with Gasteiger partial charge >= 0.3 is 6.09 Å². The van der Waals surface area contributed by atoms with Crippen molar-refractivity contribution in [2.75, 3.05) is 7.11 Å². The highest BCUT2D eigenvalue weighted by molar-refractivity contribution is 5.70. The molecule has 0 spiro atoms. The van der Waals surface area contributed by atoms with Crippen LogP contribution in [0.25, 0.3) is 0 Å². The lowest BCUT2D eigenvalue weighted by molar-refractivity contribution is 0.174. The van der Waals surface area contributed by atoms with E-state index >= 15 is 0 Å². The Kier molecular flexibility index (Phi) is 5.97. The van der Waals surface area contributed by atoms with Gasteiger partial charge in [-0.15, -0.1) is 0 Å². The van der Waals surface area contributed by atoms with E-state index in [0.717, 1.165) is 0 Å². The number of rotatable bonds is 4. The van der Waals surface area contributed by atoms with Crippen molar-refractivity contribution in [3.05, 3.63) is 49.2 Å². The van der Waals surface area contributed by atoms with Gasteiger partial charge in [-0.2, -0.15) is 0 Å². The molecule has 0 atom stereocenters. The lowest BCUT2D eigenvalue weighted by Gasteiger charge is -2.02. The fourth-order valence-corrected chi connectivity index (χ4v) is 0.606. The maximum atomic E-state index is 10.8. The van der Waals surface area contributed by atoms with Gasteiger partial charge in [-0.05, 0) is 12.2 Å². The van der Waals surface area contributed by atoms with Crippen LogP contribution in [0.4, 0.5) is 4.79 Å². The summed E-state index contributed by atoms with van der Waals surface area (Å²) in [6.45, 7) is 7.02. The molecule has 70 valence electrons. The highest BCUT2D eigenvalue weighted by Crippen LogP contribution is 1.93. The number of hydrogen-bond acceptors (Lipinski definition) is 2. The van der Waals surface area contributed by atoms with E-state index < -0.39 is 6.09 Å². The summed E-state index contributed by atoms with van der Waals surface area (Å²) in [6.07, 6.45) is 7.70. The quantitative estimate of drug-likeness (QED) is 0.671. The predicted molar refractivity (Wildman–Crippen MR) is 53.2 cm³/mol. The molecular weight excluding hydrogens is 166 g/mol. The molecule has 3 nitrogen and oxygen atoms in total. The molecule has 0 aromatic rings. The van der Waals surface area contributed by atoms with E-state index in [0.29, 0.717) is 5.70 Å². The first-order valence-corrected chi connectivity index (χ1v) is 3.71. The number of nitrogens with one attached hydrogen (secondary N) is 1. The molecule has 0 aliphatic heterocycles. The number of methoxy groups -OCH3 is 1. The van der Waals surface area contributed by atoms with Gasteiger partial charge in [0.1, 0.15) is 0 Å². The first-order valence-electron chi connectivity index (χ1n) is 3.71. The summed E-state index contributed by atoms with van der Waals surface area (Å²) in [5, 5.41) is 2.50. The van der Waals surface area contributed by atoms with E-state index in [2.05, 4.69) is 23.2 Å². The van der Waals surface area contributed by atoms with Gasteiger partial charge < -0.3 is 4.74 Å². The summed E-state index contributed by atoms with van der Waals surface area (Å²) < 4.78 is 4.42. The standard InChI is InChI=1S/C10H13NO2/c1-4-6-8-9(7-5-2)11-10(12)13-3/h4-8H,1-2H2,3H3,(H,11,12)/b8-6-,9-7+. The highest BCUT2D eigenvalue weighted by Gasteiger charge is 1.98. The molecule has 0 aliphatic carbocycles. The zero-order chi connectivity index (χ0) is 10.1. The van der Waals surface area contributed by atoms with Gasteiger partial charge in [0.25, 0.3) is 0 Å². The van der Waals surface area contributed by atoms with Crippen LogP contribution in [0.2, 0.25) is 0 Å². The second-order valence-electron chi connectivity index (χ2n) is 2.07. The Morgan fingerprint density at radius 2 is 2.08 bits per heavy atom. The van der Waals surface area contributed by atoms with Crippen molar-refractivity contribution < 1.29 is 9.53 Å². The summed E-state index contributed by atoms with van der Waals surface area (Å²) in [5.74, 6) is 0. The molecule has 0 unspecified atom stereocenters. The maximum Gasteiger partial charge on any atom is 0.411 e. The molecule has 13 heavy (non-hydrogen) atoms. The van der Waals surface area contributed by atoms with Crippen LogP contribution < -0.4 is 5.32 Å². The van der Waals surface area contributed by atoms with Crippen LogP contribution in [-0.4, -0.2) is 13.2 Å². The van der Waals surface area contributed by atoms with Gasteiger partial charge in [0.15, 0.2) is 0 Å². The van der Waals surface area contributed by atoms with E-state index in [1.165, 1.54) is 7.11 Å². The van der Waals surface area contributed by atoms with Crippen LogP contribution in [-0.2, 0) is 4.74 Å². The molecule has 0 saturated heterocycles. The van der Waals surface area contributed by atoms with Crippen LogP contribution >= 0.6 is 0 Å². The van der Waals surface area contributed by atoms with E-state index in [4.69, 9.17) is 0 Å². The van der Waals surface area contributed by atoms with Crippen molar-refractivity contribution in [2.45, 2.75) is 0 Å². The topological polar surface area (TPSA) is 38.3 Å². The Labute approximate surface area is 78.1 Å². The van der Waals surface area contributed by atoms with Crippen LogP contribution in [0.3, 0.4) is 0 Å². The zero-order valence-corrected chi connectivity index (χ0v) is 7.62. The number of ether oxygens (including phenoxy) is 1. The lowest BCUT2D eigenvalue weighted by Crippen LogP contribution is -2.21. The first-order chi connectivity index (χ1) is 6.24. The first kappa shape index (κ1) is 11.2. The number of allylic oxidation sites excluding steroid dienone is 5. The van der Waals surface area contributed by atoms with E-state index in [1.54, 1.807) is 30.4 Å². The molecule has 0 bridgehead atoms. The average molecular weight is 179 g/mol. The maximum absolute atomic E-state index is 10.8. The van der Waals surface area contributed by atoms with Gasteiger partial charge in [-0.1, -0.05) is 31.4 Å². The molecule has 0 radical (unpaired) electrons. The Morgan fingerprint density at radius 1 is 1.38 bits per heavy atom. The van der Waals surface area contributed by atoms with Crippen LogP contribution in [0, 0.1) is 0 Å². The van der Waals surface area contributed by atoms with E-state index in [-0.39, 0.29) is 0 Å². The Bertz CT molecular complexity index is 252. The smallest absolute Gasteiger partial charge is 0.411 e. The molecule has 0 rings (SSSR count). The molecule has 0 fully saturated rings. The second-order valence-corrected chi connectivity index (χ2v) is 2.07. The van der Waals surface area contributed by atoms with Gasteiger partial charge in [0, 0.05) is 5.70 Å². The van der Waals surface area contributed by atoms with Gasteiger partial charge in [-0.3, -0.25) is 5.32 Å².